The first-order valence-corrected chi connectivity index (χ1v) is 6.25. The first-order chi connectivity index (χ1) is 10.1. The fourth-order valence-electron chi connectivity index (χ4n) is 1.86. The molecule has 0 unspecified atom stereocenters. The van der Waals surface area contributed by atoms with Crippen LogP contribution >= 0.6 is 0 Å². The summed E-state index contributed by atoms with van der Waals surface area (Å²) in [7, 11) is 0. The summed E-state index contributed by atoms with van der Waals surface area (Å²) in [5.74, 6) is 0. The number of nitro groups is 1. The highest BCUT2D eigenvalue weighted by Crippen LogP contribution is 2.25. The number of hydrogen-bond acceptors (Lipinski definition) is 5. The molecule has 0 saturated carbocycles. The van der Waals surface area contributed by atoms with E-state index in [9.17, 15) is 10.1 Å². The molecule has 106 valence electrons. The number of hydrogen-bond donors (Lipinski definition) is 2. The van der Waals surface area contributed by atoms with Crippen molar-refractivity contribution in [2.45, 2.75) is 13.2 Å². The lowest BCUT2D eigenvalue weighted by atomic mass is 10.1. The first kappa shape index (κ1) is 14.5. The van der Waals surface area contributed by atoms with Crippen LogP contribution in [0.2, 0.25) is 0 Å². The predicted octanol–water partition coefficient (Wildman–Crippen LogP) is 2.57. The topological polar surface area (TPSA) is 99.2 Å². The van der Waals surface area contributed by atoms with E-state index >= 15 is 0 Å². The van der Waals surface area contributed by atoms with E-state index in [4.69, 9.17) is 10.4 Å². The summed E-state index contributed by atoms with van der Waals surface area (Å²) in [5.41, 5.74) is 2.24. The van der Waals surface area contributed by atoms with Crippen LogP contribution in [0.15, 0.2) is 42.5 Å². The lowest BCUT2D eigenvalue weighted by Gasteiger charge is -2.08. The van der Waals surface area contributed by atoms with E-state index in [0.717, 1.165) is 11.1 Å². The van der Waals surface area contributed by atoms with Gasteiger partial charge in [0.2, 0.25) is 0 Å². The van der Waals surface area contributed by atoms with Gasteiger partial charge in [-0.3, -0.25) is 10.1 Å². The van der Waals surface area contributed by atoms with Gasteiger partial charge in [-0.2, -0.15) is 5.26 Å². The Morgan fingerprint density at radius 3 is 2.43 bits per heavy atom. The zero-order valence-electron chi connectivity index (χ0n) is 11.1. The predicted molar refractivity (Wildman–Crippen MR) is 77.5 cm³/mol. The Balaban J connectivity index is 2.15. The molecule has 2 aromatic carbocycles. The Morgan fingerprint density at radius 2 is 1.86 bits per heavy atom. The van der Waals surface area contributed by atoms with E-state index in [0.29, 0.717) is 12.2 Å². The van der Waals surface area contributed by atoms with Gasteiger partial charge in [0.05, 0.1) is 23.2 Å². The summed E-state index contributed by atoms with van der Waals surface area (Å²) in [6.45, 7) is 0.396. The molecule has 0 aliphatic rings. The van der Waals surface area contributed by atoms with Crippen LogP contribution in [0, 0.1) is 21.4 Å². The summed E-state index contributed by atoms with van der Waals surface area (Å²) in [4.78, 5) is 10.5. The fraction of sp³-hybridized carbons (Fsp3) is 0.133. The number of nitro benzene ring substituents is 1. The molecule has 0 atom stereocenters. The van der Waals surface area contributed by atoms with Gasteiger partial charge in [0.25, 0.3) is 5.69 Å². The van der Waals surface area contributed by atoms with Crippen LogP contribution in [-0.2, 0) is 13.2 Å². The molecule has 6 heteroatoms. The number of benzene rings is 2. The van der Waals surface area contributed by atoms with Crippen LogP contribution in [0.5, 0.6) is 0 Å². The van der Waals surface area contributed by atoms with Crippen molar-refractivity contribution in [2.75, 3.05) is 5.32 Å². The Morgan fingerprint density at radius 1 is 1.19 bits per heavy atom. The van der Waals surface area contributed by atoms with E-state index in [2.05, 4.69) is 5.32 Å². The SMILES string of the molecule is N#Cc1ccc(NCc2ccc(CO)cc2)c([N+](=O)[O-])c1. The lowest BCUT2D eigenvalue weighted by Crippen LogP contribution is -2.03. The molecule has 21 heavy (non-hydrogen) atoms. The standard InChI is InChI=1S/C15H13N3O3/c16-8-13-5-6-14(15(7-13)18(20)21)17-9-11-1-3-12(10-19)4-2-11/h1-7,17,19H,9-10H2. The molecule has 6 nitrogen and oxygen atoms in total. The van der Waals surface area contributed by atoms with Gasteiger partial charge >= 0.3 is 0 Å². The Labute approximate surface area is 121 Å². The number of nitriles is 1. The number of rotatable bonds is 5. The van der Waals surface area contributed by atoms with Crippen LogP contribution in [0.1, 0.15) is 16.7 Å². The zero-order valence-corrected chi connectivity index (χ0v) is 11.1. The number of aliphatic hydroxyl groups excluding tert-OH is 1. The zero-order chi connectivity index (χ0) is 15.2. The highest BCUT2D eigenvalue weighted by atomic mass is 16.6. The monoisotopic (exact) mass is 283 g/mol. The summed E-state index contributed by atoms with van der Waals surface area (Å²) in [6, 6.07) is 13.5. The summed E-state index contributed by atoms with van der Waals surface area (Å²) in [6.07, 6.45) is 0. The highest BCUT2D eigenvalue weighted by Gasteiger charge is 2.14. The third kappa shape index (κ3) is 3.55. The molecular weight excluding hydrogens is 270 g/mol. The van der Waals surface area contributed by atoms with E-state index in [1.54, 1.807) is 12.1 Å². The molecule has 2 rings (SSSR count). The quantitative estimate of drug-likeness (QED) is 0.649. The van der Waals surface area contributed by atoms with Crippen molar-refractivity contribution in [1.82, 2.24) is 0 Å². The fourth-order valence-corrected chi connectivity index (χ4v) is 1.86. The second-order valence-corrected chi connectivity index (χ2v) is 4.43. The summed E-state index contributed by atoms with van der Waals surface area (Å²) in [5, 5.41) is 31.7. The Kier molecular flexibility index (Phi) is 4.49. The van der Waals surface area contributed by atoms with Crippen LogP contribution < -0.4 is 5.32 Å². The minimum atomic E-state index is -0.516. The van der Waals surface area contributed by atoms with Crippen LogP contribution in [0.4, 0.5) is 11.4 Å². The van der Waals surface area contributed by atoms with E-state index in [-0.39, 0.29) is 17.9 Å². The summed E-state index contributed by atoms with van der Waals surface area (Å²) >= 11 is 0. The average molecular weight is 283 g/mol. The first-order valence-electron chi connectivity index (χ1n) is 6.25. The molecule has 2 N–H and O–H groups in total. The molecule has 0 bridgehead atoms. The van der Waals surface area contributed by atoms with Crippen molar-refractivity contribution in [2.24, 2.45) is 0 Å². The maximum absolute atomic E-state index is 11.0. The second kappa shape index (κ2) is 6.50. The van der Waals surface area contributed by atoms with Gasteiger partial charge in [0.15, 0.2) is 0 Å². The maximum Gasteiger partial charge on any atom is 0.293 e. The van der Waals surface area contributed by atoms with Crippen molar-refractivity contribution in [3.05, 3.63) is 69.3 Å². The van der Waals surface area contributed by atoms with E-state index in [1.165, 1.54) is 18.2 Å². The van der Waals surface area contributed by atoms with Crippen LogP contribution in [-0.4, -0.2) is 10.0 Å². The highest BCUT2D eigenvalue weighted by molar-refractivity contribution is 5.64. The molecule has 0 fully saturated rings. The van der Waals surface area contributed by atoms with Crippen molar-refractivity contribution < 1.29 is 10.0 Å². The molecule has 0 amide bonds. The maximum atomic E-state index is 11.0. The van der Waals surface area contributed by atoms with Crippen LogP contribution in [0.3, 0.4) is 0 Å². The van der Waals surface area contributed by atoms with Gasteiger partial charge in [0.1, 0.15) is 5.69 Å². The van der Waals surface area contributed by atoms with Crippen molar-refractivity contribution in [1.29, 1.82) is 5.26 Å². The molecule has 0 aliphatic heterocycles. The van der Waals surface area contributed by atoms with Gasteiger partial charge in [-0.15, -0.1) is 0 Å². The van der Waals surface area contributed by atoms with Gasteiger partial charge in [-0.1, -0.05) is 24.3 Å². The third-order valence-electron chi connectivity index (χ3n) is 3.01. The third-order valence-corrected chi connectivity index (χ3v) is 3.01. The Hall–Kier alpha value is -2.91. The van der Waals surface area contributed by atoms with Crippen molar-refractivity contribution >= 4 is 11.4 Å². The normalized spacial score (nSPS) is 9.90. The Bertz CT molecular complexity index is 690. The molecule has 0 aliphatic carbocycles. The molecule has 0 aromatic heterocycles. The number of nitrogens with one attached hydrogen (secondary N) is 1. The van der Waals surface area contributed by atoms with Gasteiger partial charge < -0.3 is 10.4 Å². The van der Waals surface area contributed by atoms with Crippen molar-refractivity contribution in [3.8, 4) is 6.07 Å². The number of nitrogens with zero attached hydrogens (tertiary/aromatic N) is 2. The summed E-state index contributed by atoms with van der Waals surface area (Å²) < 4.78 is 0. The van der Waals surface area contributed by atoms with E-state index in [1.807, 2.05) is 18.2 Å². The average Bonchev–Trinajstić information content (AvgIpc) is 2.53. The largest absolute Gasteiger partial charge is 0.392 e. The molecule has 0 saturated heterocycles. The molecule has 0 radical (unpaired) electrons. The molecular formula is C15H13N3O3. The van der Waals surface area contributed by atoms with Crippen LogP contribution in [0.25, 0.3) is 0 Å². The second-order valence-electron chi connectivity index (χ2n) is 4.43. The molecule has 0 spiro atoms. The van der Waals surface area contributed by atoms with Gasteiger partial charge in [-0.05, 0) is 23.3 Å². The van der Waals surface area contributed by atoms with E-state index < -0.39 is 4.92 Å². The van der Waals surface area contributed by atoms with Gasteiger partial charge in [-0.25, -0.2) is 0 Å². The number of aliphatic hydroxyl groups is 1. The number of anilines is 1. The minimum Gasteiger partial charge on any atom is -0.392 e. The smallest absolute Gasteiger partial charge is 0.293 e. The minimum absolute atomic E-state index is 0.0190. The molecule has 2 aromatic rings. The lowest BCUT2D eigenvalue weighted by molar-refractivity contribution is -0.384. The van der Waals surface area contributed by atoms with Gasteiger partial charge in [0, 0.05) is 12.6 Å². The molecule has 0 heterocycles. The van der Waals surface area contributed by atoms with Crippen molar-refractivity contribution in [3.63, 3.8) is 0 Å².